The van der Waals surface area contributed by atoms with Crippen LogP contribution in [0, 0.1) is 17.2 Å². The highest BCUT2D eigenvalue weighted by Crippen LogP contribution is 2.35. The highest BCUT2D eigenvalue weighted by atomic mass is 19.4. The van der Waals surface area contributed by atoms with Gasteiger partial charge >= 0.3 is 6.36 Å². The molecule has 1 fully saturated rings. The summed E-state index contributed by atoms with van der Waals surface area (Å²) in [6.45, 7) is 3.46. The van der Waals surface area contributed by atoms with Crippen molar-refractivity contribution in [3.63, 3.8) is 0 Å². The number of fused-ring (bicyclic) bond motifs is 1. The molecule has 7 nitrogen and oxygen atoms in total. The zero-order chi connectivity index (χ0) is 25.0. The minimum Gasteiger partial charge on any atom is -0.494 e. The van der Waals surface area contributed by atoms with Gasteiger partial charge in [0, 0.05) is 42.3 Å². The fourth-order valence-electron chi connectivity index (χ4n) is 4.22. The number of nitriles is 1. The van der Waals surface area contributed by atoms with Crippen molar-refractivity contribution >= 4 is 28.2 Å². The lowest BCUT2D eigenvalue weighted by molar-refractivity contribution is -0.274. The smallest absolute Gasteiger partial charge is 0.494 e. The van der Waals surface area contributed by atoms with Crippen molar-refractivity contribution in [2.45, 2.75) is 26.1 Å². The molecule has 2 aromatic carbocycles. The van der Waals surface area contributed by atoms with Crippen LogP contribution in [0.1, 0.15) is 25.3 Å². The van der Waals surface area contributed by atoms with E-state index in [1.54, 1.807) is 6.20 Å². The largest absolute Gasteiger partial charge is 0.573 e. The Morgan fingerprint density at radius 3 is 2.66 bits per heavy atom. The molecule has 0 atom stereocenters. The van der Waals surface area contributed by atoms with Gasteiger partial charge in [0.25, 0.3) is 0 Å². The Bertz CT molecular complexity index is 1270. The molecule has 35 heavy (non-hydrogen) atoms. The number of nitrogens with zero attached hydrogens (tertiary/aromatic N) is 3. The lowest BCUT2D eigenvalue weighted by atomic mass is 9.94. The Morgan fingerprint density at radius 1 is 1.20 bits per heavy atom. The van der Waals surface area contributed by atoms with E-state index in [1.807, 2.05) is 25.1 Å². The summed E-state index contributed by atoms with van der Waals surface area (Å²) in [5, 5.41) is 13.2. The number of amides is 1. The van der Waals surface area contributed by atoms with Crippen molar-refractivity contribution < 1.29 is 27.4 Å². The normalized spacial score (nSPS) is 14.4. The van der Waals surface area contributed by atoms with E-state index in [0.717, 1.165) is 22.7 Å². The Morgan fingerprint density at radius 2 is 1.97 bits per heavy atom. The summed E-state index contributed by atoms with van der Waals surface area (Å²) in [7, 11) is 0. The standard InChI is InChI=1S/C25H23F3N4O3/c1-2-34-19-6-7-22-21(13-19)23(17(14-29)15-30-22)32-10-8-16(9-11-32)24(33)31-18-4-3-5-20(12-18)35-25(26,27)28/h3-7,12-13,15-16H,2,8-11H2,1H3,(H,31,33). The Labute approximate surface area is 200 Å². The van der Waals surface area contributed by atoms with Crippen LogP contribution in [0.2, 0.25) is 0 Å². The number of ether oxygens (including phenoxy) is 2. The SMILES string of the molecule is CCOc1ccc2ncc(C#N)c(N3CCC(C(=O)Nc4cccc(OC(F)(F)F)c4)CC3)c2c1. The Kier molecular flexibility index (Phi) is 6.96. The predicted octanol–water partition coefficient (Wildman–Crippen LogP) is 5.26. The summed E-state index contributed by atoms with van der Waals surface area (Å²) in [5.41, 5.74) is 2.17. The van der Waals surface area contributed by atoms with Crippen LogP contribution in [0.15, 0.2) is 48.7 Å². The minimum absolute atomic E-state index is 0.231. The predicted molar refractivity (Wildman–Crippen MR) is 124 cm³/mol. The van der Waals surface area contributed by atoms with E-state index in [-0.39, 0.29) is 17.5 Å². The molecule has 0 spiro atoms. The monoisotopic (exact) mass is 484 g/mol. The van der Waals surface area contributed by atoms with Crippen molar-refractivity contribution in [1.82, 2.24) is 4.98 Å². The van der Waals surface area contributed by atoms with Crippen LogP contribution in [0.5, 0.6) is 11.5 Å². The second kappa shape index (κ2) is 10.1. The van der Waals surface area contributed by atoms with Gasteiger partial charge in [0.1, 0.15) is 17.6 Å². The topological polar surface area (TPSA) is 87.5 Å². The van der Waals surface area contributed by atoms with E-state index < -0.39 is 12.1 Å². The quantitative estimate of drug-likeness (QED) is 0.514. The molecule has 0 saturated carbocycles. The third kappa shape index (κ3) is 5.74. The van der Waals surface area contributed by atoms with Gasteiger partial charge in [-0.2, -0.15) is 5.26 Å². The lowest BCUT2D eigenvalue weighted by Gasteiger charge is -2.34. The number of anilines is 2. The van der Waals surface area contributed by atoms with Gasteiger partial charge in [-0.3, -0.25) is 9.78 Å². The van der Waals surface area contributed by atoms with Gasteiger partial charge in [0.2, 0.25) is 5.91 Å². The number of carbonyl (C=O) groups excluding carboxylic acids is 1. The Hall–Kier alpha value is -4.00. The fraction of sp³-hybridized carbons (Fsp3) is 0.320. The molecule has 1 aliphatic rings. The second-order valence-corrected chi connectivity index (χ2v) is 8.07. The molecule has 0 aliphatic carbocycles. The van der Waals surface area contributed by atoms with Crippen LogP contribution >= 0.6 is 0 Å². The highest BCUT2D eigenvalue weighted by molar-refractivity contribution is 5.96. The van der Waals surface area contributed by atoms with Gasteiger partial charge in [-0.05, 0) is 50.1 Å². The highest BCUT2D eigenvalue weighted by Gasteiger charge is 2.31. The maximum absolute atomic E-state index is 12.8. The zero-order valence-electron chi connectivity index (χ0n) is 18.9. The molecule has 1 saturated heterocycles. The zero-order valence-corrected chi connectivity index (χ0v) is 18.9. The first-order chi connectivity index (χ1) is 16.8. The first kappa shape index (κ1) is 24.1. The van der Waals surface area contributed by atoms with Crippen molar-refractivity contribution in [1.29, 1.82) is 5.26 Å². The first-order valence-corrected chi connectivity index (χ1v) is 11.1. The van der Waals surface area contributed by atoms with Crippen LogP contribution in [-0.2, 0) is 4.79 Å². The molecule has 0 bridgehead atoms. The van der Waals surface area contributed by atoms with Gasteiger partial charge in [-0.25, -0.2) is 0 Å². The summed E-state index contributed by atoms with van der Waals surface area (Å²) in [6, 6.07) is 13.0. The van der Waals surface area contributed by atoms with Crippen LogP contribution in [0.3, 0.4) is 0 Å². The van der Waals surface area contributed by atoms with E-state index in [9.17, 15) is 23.2 Å². The third-order valence-corrected chi connectivity index (χ3v) is 5.76. The number of carbonyl (C=O) groups is 1. The van der Waals surface area contributed by atoms with E-state index in [4.69, 9.17) is 4.74 Å². The van der Waals surface area contributed by atoms with Gasteiger partial charge in [-0.1, -0.05) is 6.07 Å². The molecule has 2 heterocycles. The van der Waals surface area contributed by atoms with Gasteiger partial charge < -0.3 is 19.7 Å². The fourth-order valence-corrected chi connectivity index (χ4v) is 4.22. The number of hydrogen-bond donors (Lipinski definition) is 1. The molecule has 3 aromatic rings. The summed E-state index contributed by atoms with van der Waals surface area (Å²) in [4.78, 5) is 19.2. The van der Waals surface area contributed by atoms with Gasteiger partial charge in [0.05, 0.1) is 23.4 Å². The maximum atomic E-state index is 12.8. The molecule has 182 valence electrons. The summed E-state index contributed by atoms with van der Waals surface area (Å²) in [5.74, 6) is -0.308. The number of hydrogen-bond acceptors (Lipinski definition) is 6. The average Bonchev–Trinajstić information content (AvgIpc) is 2.82. The Balaban J connectivity index is 1.47. The number of aromatic nitrogens is 1. The van der Waals surface area contributed by atoms with E-state index in [2.05, 4.69) is 26.0 Å². The second-order valence-electron chi connectivity index (χ2n) is 8.07. The maximum Gasteiger partial charge on any atom is 0.573 e. The number of rotatable bonds is 6. The van der Waals surface area contributed by atoms with Crippen molar-refractivity contribution in [3.8, 4) is 17.6 Å². The number of nitrogens with one attached hydrogen (secondary N) is 1. The molecule has 1 N–H and O–H groups in total. The number of halogens is 3. The molecule has 0 radical (unpaired) electrons. The molecule has 1 aromatic heterocycles. The van der Waals surface area contributed by atoms with Crippen molar-refractivity contribution in [2.75, 3.05) is 29.9 Å². The number of pyridine rings is 1. The lowest BCUT2D eigenvalue weighted by Crippen LogP contribution is -2.38. The molecule has 1 aliphatic heterocycles. The molecular weight excluding hydrogens is 461 g/mol. The molecule has 1 amide bonds. The summed E-state index contributed by atoms with van der Waals surface area (Å²) >= 11 is 0. The van der Waals surface area contributed by atoms with E-state index in [0.29, 0.717) is 43.9 Å². The van der Waals surface area contributed by atoms with Crippen molar-refractivity contribution in [3.05, 3.63) is 54.2 Å². The van der Waals surface area contributed by atoms with Gasteiger partial charge in [0.15, 0.2) is 0 Å². The molecule has 10 heteroatoms. The van der Waals surface area contributed by atoms with Crippen LogP contribution in [0.25, 0.3) is 10.9 Å². The van der Waals surface area contributed by atoms with Crippen LogP contribution in [-0.4, -0.2) is 36.9 Å². The van der Waals surface area contributed by atoms with E-state index in [1.165, 1.54) is 18.2 Å². The molecular formula is C25H23F3N4O3. The summed E-state index contributed by atoms with van der Waals surface area (Å²) in [6.07, 6.45) is -2.22. The average molecular weight is 484 g/mol. The van der Waals surface area contributed by atoms with E-state index >= 15 is 0 Å². The molecule has 4 rings (SSSR count). The van der Waals surface area contributed by atoms with Gasteiger partial charge in [-0.15, -0.1) is 13.2 Å². The number of alkyl halides is 3. The number of piperidine rings is 1. The summed E-state index contributed by atoms with van der Waals surface area (Å²) < 4.78 is 46.9. The van der Waals surface area contributed by atoms with Crippen LogP contribution in [0.4, 0.5) is 24.5 Å². The minimum atomic E-state index is -4.81. The number of benzene rings is 2. The first-order valence-electron chi connectivity index (χ1n) is 11.1. The van der Waals surface area contributed by atoms with Crippen molar-refractivity contribution in [2.24, 2.45) is 5.92 Å². The molecule has 0 unspecified atom stereocenters. The third-order valence-electron chi connectivity index (χ3n) is 5.76. The van der Waals surface area contributed by atoms with Crippen LogP contribution < -0.4 is 19.7 Å².